The Labute approximate surface area is 211 Å². The van der Waals surface area contributed by atoms with E-state index >= 15 is 0 Å². The fraction of sp³-hybridized carbons (Fsp3) is 0.500. The molecule has 1 heterocycles. The highest BCUT2D eigenvalue weighted by molar-refractivity contribution is 5.85. The van der Waals surface area contributed by atoms with E-state index in [0.717, 1.165) is 56.8 Å². The molecular formula is C26H38Cl2N2O3. The number of amides is 1. The molecule has 1 aliphatic rings. The van der Waals surface area contributed by atoms with Gasteiger partial charge in [-0.25, -0.2) is 0 Å². The Morgan fingerprint density at radius 2 is 1.61 bits per heavy atom. The van der Waals surface area contributed by atoms with Gasteiger partial charge in [-0.2, -0.15) is 0 Å². The van der Waals surface area contributed by atoms with Gasteiger partial charge in [-0.1, -0.05) is 18.2 Å². The number of halogens is 2. The molecule has 1 aliphatic heterocycles. The Morgan fingerprint density at radius 1 is 0.939 bits per heavy atom. The monoisotopic (exact) mass is 496 g/mol. The molecule has 0 N–H and O–H groups in total. The van der Waals surface area contributed by atoms with E-state index < -0.39 is 0 Å². The SMILES string of the molecule is COc1cc2c(cc1OC)CC(=O)N(CCCN(C)CCc1ccc(C)c(C)c1)CC2.Cl.Cl. The predicted molar refractivity (Wildman–Crippen MR) is 140 cm³/mol. The zero-order valence-electron chi connectivity index (χ0n) is 20.5. The number of fused-ring (bicyclic) bond motifs is 1. The van der Waals surface area contributed by atoms with Crippen molar-refractivity contribution in [2.45, 2.75) is 39.5 Å². The van der Waals surface area contributed by atoms with Crippen LogP contribution in [-0.4, -0.2) is 63.2 Å². The van der Waals surface area contributed by atoms with Gasteiger partial charge >= 0.3 is 0 Å². The number of nitrogens with zero attached hydrogens (tertiary/aromatic N) is 2. The maximum Gasteiger partial charge on any atom is 0.227 e. The molecule has 0 fully saturated rings. The molecule has 0 atom stereocenters. The predicted octanol–water partition coefficient (Wildman–Crippen LogP) is 4.66. The van der Waals surface area contributed by atoms with Crippen LogP contribution in [0.1, 0.15) is 34.2 Å². The zero-order valence-corrected chi connectivity index (χ0v) is 22.1. The van der Waals surface area contributed by atoms with Crippen molar-refractivity contribution in [2.75, 3.05) is 47.4 Å². The Balaban J connectivity index is 0.00000272. The van der Waals surface area contributed by atoms with Crippen LogP contribution in [0, 0.1) is 13.8 Å². The van der Waals surface area contributed by atoms with Crippen molar-refractivity contribution in [3.8, 4) is 11.5 Å². The number of carbonyl (C=O) groups excluding carboxylic acids is 1. The summed E-state index contributed by atoms with van der Waals surface area (Å²) in [5, 5.41) is 0. The smallest absolute Gasteiger partial charge is 0.227 e. The molecule has 2 aromatic carbocycles. The molecule has 0 aliphatic carbocycles. The first-order valence-electron chi connectivity index (χ1n) is 11.2. The third-order valence-corrected chi connectivity index (χ3v) is 6.37. The minimum absolute atomic E-state index is 0. The summed E-state index contributed by atoms with van der Waals surface area (Å²) in [6, 6.07) is 10.7. The molecule has 33 heavy (non-hydrogen) atoms. The quantitative estimate of drug-likeness (QED) is 0.506. The van der Waals surface area contributed by atoms with Gasteiger partial charge in [0.15, 0.2) is 11.5 Å². The van der Waals surface area contributed by atoms with Gasteiger partial charge in [-0.15, -0.1) is 24.8 Å². The highest BCUT2D eigenvalue weighted by Crippen LogP contribution is 2.32. The van der Waals surface area contributed by atoms with Crippen LogP contribution in [0.15, 0.2) is 30.3 Å². The second-order valence-electron chi connectivity index (χ2n) is 8.61. The summed E-state index contributed by atoms with van der Waals surface area (Å²) in [5.41, 5.74) is 6.32. The molecule has 0 saturated heterocycles. The van der Waals surface area contributed by atoms with Crippen molar-refractivity contribution < 1.29 is 14.3 Å². The number of methoxy groups -OCH3 is 2. The van der Waals surface area contributed by atoms with Gasteiger partial charge in [0.05, 0.1) is 20.6 Å². The van der Waals surface area contributed by atoms with Crippen LogP contribution in [0.25, 0.3) is 0 Å². The molecule has 0 saturated carbocycles. The minimum Gasteiger partial charge on any atom is -0.493 e. The molecule has 3 rings (SSSR count). The summed E-state index contributed by atoms with van der Waals surface area (Å²) in [7, 11) is 5.44. The van der Waals surface area contributed by atoms with Crippen LogP contribution in [-0.2, 0) is 24.1 Å². The molecule has 0 unspecified atom stereocenters. The maximum absolute atomic E-state index is 12.8. The summed E-state index contributed by atoms with van der Waals surface area (Å²) in [4.78, 5) is 17.2. The number of hydrogen-bond donors (Lipinski definition) is 0. The van der Waals surface area contributed by atoms with E-state index in [4.69, 9.17) is 9.47 Å². The van der Waals surface area contributed by atoms with Crippen molar-refractivity contribution in [2.24, 2.45) is 0 Å². The lowest BCUT2D eigenvalue weighted by molar-refractivity contribution is -0.130. The fourth-order valence-corrected chi connectivity index (χ4v) is 4.17. The minimum atomic E-state index is 0. The fourth-order valence-electron chi connectivity index (χ4n) is 4.17. The van der Waals surface area contributed by atoms with Crippen LogP contribution in [0.4, 0.5) is 0 Å². The largest absolute Gasteiger partial charge is 0.493 e. The van der Waals surface area contributed by atoms with Crippen molar-refractivity contribution in [3.63, 3.8) is 0 Å². The first-order valence-corrected chi connectivity index (χ1v) is 11.2. The maximum atomic E-state index is 12.8. The summed E-state index contributed by atoms with van der Waals surface area (Å²) in [5.74, 6) is 1.61. The molecule has 5 nitrogen and oxygen atoms in total. The molecule has 2 aromatic rings. The Kier molecular flexibility index (Phi) is 12.1. The first kappa shape index (κ1) is 29.1. The summed E-state index contributed by atoms with van der Waals surface area (Å²) >= 11 is 0. The van der Waals surface area contributed by atoms with E-state index in [1.807, 2.05) is 17.0 Å². The van der Waals surface area contributed by atoms with Gasteiger partial charge in [0.25, 0.3) is 0 Å². The van der Waals surface area contributed by atoms with E-state index in [0.29, 0.717) is 12.2 Å². The second kappa shape index (κ2) is 13.7. The lowest BCUT2D eigenvalue weighted by atomic mass is 10.0. The number of hydrogen-bond acceptors (Lipinski definition) is 4. The highest BCUT2D eigenvalue weighted by atomic mass is 35.5. The molecule has 0 radical (unpaired) electrons. The Morgan fingerprint density at radius 3 is 2.24 bits per heavy atom. The van der Waals surface area contributed by atoms with Gasteiger partial charge in [0.2, 0.25) is 5.91 Å². The number of benzene rings is 2. The van der Waals surface area contributed by atoms with Gasteiger partial charge in [-0.3, -0.25) is 4.79 Å². The van der Waals surface area contributed by atoms with Crippen LogP contribution in [0.3, 0.4) is 0 Å². The number of carbonyl (C=O) groups is 1. The van der Waals surface area contributed by atoms with E-state index in [1.165, 1.54) is 22.3 Å². The van der Waals surface area contributed by atoms with Crippen LogP contribution < -0.4 is 9.47 Å². The lowest BCUT2D eigenvalue weighted by Crippen LogP contribution is -2.35. The molecular weight excluding hydrogens is 459 g/mol. The van der Waals surface area contributed by atoms with Gasteiger partial charge < -0.3 is 19.3 Å². The number of rotatable bonds is 9. The molecule has 184 valence electrons. The van der Waals surface area contributed by atoms with Crippen molar-refractivity contribution in [1.82, 2.24) is 9.80 Å². The van der Waals surface area contributed by atoms with Crippen molar-refractivity contribution in [1.29, 1.82) is 0 Å². The third kappa shape index (κ3) is 7.80. The van der Waals surface area contributed by atoms with Gasteiger partial charge in [0, 0.05) is 19.6 Å². The van der Waals surface area contributed by atoms with E-state index in [-0.39, 0.29) is 30.7 Å². The molecule has 0 spiro atoms. The summed E-state index contributed by atoms with van der Waals surface area (Å²) < 4.78 is 10.8. The topological polar surface area (TPSA) is 42.0 Å². The van der Waals surface area contributed by atoms with E-state index in [1.54, 1.807) is 14.2 Å². The molecule has 1 amide bonds. The van der Waals surface area contributed by atoms with Crippen LogP contribution in [0.2, 0.25) is 0 Å². The summed E-state index contributed by atoms with van der Waals surface area (Å²) in [6.07, 6.45) is 3.32. The third-order valence-electron chi connectivity index (χ3n) is 6.37. The van der Waals surface area contributed by atoms with Gasteiger partial charge in [-0.05, 0) is 86.7 Å². The van der Waals surface area contributed by atoms with Gasteiger partial charge in [0.1, 0.15) is 0 Å². The first-order chi connectivity index (χ1) is 14.9. The van der Waals surface area contributed by atoms with E-state index in [9.17, 15) is 4.79 Å². The van der Waals surface area contributed by atoms with Crippen molar-refractivity contribution >= 4 is 30.7 Å². The standard InChI is InChI=1S/C26H36N2O3.2ClH/c1-19-7-8-21(15-20(19)2)9-13-27(3)11-6-12-28-14-10-22-16-24(30-4)25(31-5)17-23(22)18-26(28)29;;/h7-8,15-17H,6,9-14,18H2,1-5H3;2*1H. The van der Waals surface area contributed by atoms with E-state index in [2.05, 4.69) is 44.0 Å². The van der Waals surface area contributed by atoms with Crippen LogP contribution >= 0.6 is 24.8 Å². The Bertz CT molecular complexity index is 921. The number of aryl methyl sites for hydroxylation is 2. The molecule has 7 heteroatoms. The average Bonchev–Trinajstić information content (AvgIpc) is 2.91. The normalized spacial score (nSPS) is 13.0. The lowest BCUT2D eigenvalue weighted by Gasteiger charge is -2.23. The van der Waals surface area contributed by atoms with Crippen LogP contribution in [0.5, 0.6) is 11.5 Å². The zero-order chi connectivity index (χ0) is 22.4. The molecule has 0 bridgehead atoms. The summed E-state index contributed by atoms with van der Waals surface area (Å²) in [6.45, 7) is 7.90. The highest BCUT2D eigenvalue weighted by Gasteiger charge is 2.22. The molecule has 0 aromatic heterocycles. The number of ether oxygens (including phenoxy) is 2. The Hall–Kier alpha value is -1.95. The number of likely N-dealkylation sites (N-methyl/N-ethyl adjacent to an activating group) is 1. The van der Waals surface area contributed by atoms with Crippen molar-refractivity contribution in [3.05, 3.63) is 58.1 Å². The average molecular weight is 498 g/mol. The second-order valence-corrected chi connectivity index (χ2v) is 8.61.